The number of hydrogen-bond acceptors (Lipinski definition) is 2. The van der Waals surface area contributed by atoms with Gasteiger partial charge in [0.1, 0.15) is 11.6 Å². The Labute approximate surface area is 109 Å². The molecule has 2 nitrogen and oxygen atoms in total. The maximum atomic E-state index is 13.0. The fourth-order valence-corrected chi connectivity index (χ4v) is 1.36. The predicted octanol–water partition coefficient (Wildman–Crippen LogP) is 3.60. The molecule has 0 aliphatic heterocycles. The highest BCUT2D eigenvalue weighted by atomic mass is 19.4. The summed E-state index contributed by atoms with van der Waals surface area (Å²) in [5.74, 6) is -1.30. The van der Waals surface area contributed by atoms with E-state index in [2.05, 4.69) is 0 Å². The molecule has 0 fully saturated rings. The summed E-state index contributed by atoms with van der Waals surface area (Å²) in [4.78, 5) is 0. The molecule has 0 saturated carbocycles. The number of alkyl halides is 3. The smallest absolute Gasteiger partial charge is 0.419 e. The first kappa shape index (κ1) is 15.8. The average molecular weight is 279 g/mol. The third-order valence-electron chi connectivity index (χ3n) is 2.84. The van der Waals surface area contributed by atoms with E-state index in [1.807, 2.05) is 13.8 Å². The van der Waals surface area contributed by atoms with Crippen LogP contribution in [0.5, 0.6) is 5.75 Å². The fraction of sp³-hybridized carbons (Fsp3) is 0.538. The summed E-state index contributed by atoms with van der Waals surface area (Å²) >= 11 is 0. The Morgan fingerprint density at radius 2 is 1.84 bits per heavy atom. The minimum Gasteiger partial charge on any atom is -0.494 e. The molecule has 0 radical (unpaired) electrons. The third kappa shape index (κ3) is 4.70. The van der Waals surface area contributed by atoms with Gasteiger partial charge in [-0.1, -0.05) is 13.8 Å². The van der Waals surface area contributed by atoms with Gasteiger partial charge in [0.2, 0.25) is 0 Å². The van der Waals surface area contributed by atoms with Crippen LogP contribution in [0.1, 0.15) is 25.8 Å². The summed E-state index contributed by atoms with van der Waals surface area (Å²) in [6, 6.07) is 2.61. The number of ether oxygens (including phenoxy) is 1. The highest BCUT2D eigenvalue weighted by molar-refractivity contribution is 5.31. The van der Waals surface area contributed by atoms with Crippen LogP contribution >= 0.6 is 0 Å². The summed E-state index contributed by atoms with van der Waals surface area (Å²) < 4.78 is 55.7. The lowest BCUT2D eigenvalue weighted by atomic mass is 9.90. The van der Waals surface area contributed by atoms with Gasteiger partial charge in [-0.15, -0.1) is 0 Å². The van der Waals surface area contributed by atoms with E-state index in [0.717, 1.165) is 6.07 Å². The van der Waals surface area contributed by atoms with Gasteiger partial charge in [0, 0.05) is 0 Å². The van der Waals surface area contributed by atoms with Gasteiger partial charge in [-0.3, -0.25) is 0 Å². The van der Waals surface area contributed by atoms with Crippen molar-refractivity contribution in [3.8, 4) is 5.75 Å². The monoisotopic (exact) mass is 279 g/mol. The maximum absolute atomic E-state index is 13.0. The molecule has 0 aliphatic carbocycles. The van der Waals surface area contributed by atoms with Crippen LogP contribution in [0.3, 0.4) is 0 Å². The molecular weight excluding hydrogens is 262 g/mol. The second kappa shape index (κ2) is 5.77. The van der Waals surface area contributed by atoms with Gasteiger partial charge in [-0.25, -0.2) is 4.39 Å². The van der Waals surface area contributed by atoms with Gasteiger partial charge in [-0.05, 0) is 36.6 Å². The predicted molar refractivity (Wildman–Crippen MR) is 64.3 cm³/mol. The topological polar surface area (TPSA) is 35.2 Å². The Morgan fingerprint density at radius 1 is 1.21 bits per heavy atom. The Balaban J connectivity index is 2.71. The zero-order chi connectivity index (χ0) is 14.7. The molecule has 19 heavy (non-hydrogen) atoms. The molecule has 1 aromatic rings. The average Bonchev–Trinajstić information content (AvgIpc) is 2.30. The Morgan fingerprint density at radius 3 is 2.37 bits per heavy atom. The summed E-state index contributed by atoms with van der Waals surface area (Å²) in [7, 11) is 0. The zero-order valence-corrected chi connectivity index (χ0v) is 10.9. The molecule has 0 bridgehead atoms. The highest BCUT2D eigenvalue weighted by Gasteiger charge is 2.34. The van der Waals surface area contributed by atoms with Crippen molar-refractivity contribution in [3.63, 3.8) is 0 Å². The lowest BCUT2D eigenvalue weighted by molar-refractivity contribution is -0.140. The molecule has 108 valence electrons. The van der Waals surface area contributed by atoms with E-state index in [1.54, 1.807) is 0 Å². The van der Waals surface area contributed by atoms with Crippen molar-refractivity contribution in [2.75, 3.05) is 13.2 Å². The van der Waals surface area contributed by atoms with E-state index in [1.165, 1.54) is 6.07 Å². The lowest BCUT2D eigenvalue weighted by Crippen LogP contribution is -2.25. The minimum atomic E-state index is -4.72. The van der Waals surface area contributed by atoms with Crippen LogP contribution in [0.2, 0.25) is 0 Å². The van der Waals surface area contributed by atoms with Gasteiger partial charge < -0.3 is 10.5 Å². The van der Waals surface area contributed by atoms with Crippen molar-refractivity contribution in [1.29, 1.82) is 0 Å². The number of hydrogen-bond donors (Lipinski definition) is 1. The molecule has 2 N–H and O–H groups in total. The van der Waals surface area contributed by atoms with E-state index in [0.29, 0.717) is 19.0 Å². The molecule has 0 atom stereocenters. The highest BCUT2D eigenvalue weighted by Crippen LogP contribution is 2.33. The second-order valence-electron chi connectivity index (χ2n) is 5.11. The number of nitrogens with two attached hydrogens (primary N) is 1. The minimum absolute atomic E-state index is 0.00143. The first-order valence-electron chi connectivity index (χ1n) is 5.85. The van der Waals surface area contributed by atoms with Crippen molar-refractivity contribution < 1.29 is 22.3 Å². The van der Waals surface area contributed by atoms with E-state index >= 15 is 0 Å². The molecule has 1 aromatic carbocycles. The number of halogens is 4. The molecule has 1 rings (SSSR count). The van der Waals surface area contributed by atoms with Gasteiger partial charge in [0.05, 0.1) is 12.2 Å². The zero-order valence-electron chi connectivity index (χ0n) is 10.9. The van der Waals surface area contributed by atoms with Crippen molar-refractivity contribution in [2.24, 2.45) is 11.1 Å². The third-order valence-corrected chi connectivity index (χ3v) is 2.84. The Kier molecular flexibility index (Phi) is 4.79. The van der Waals surface area contributed by atoms with Gasteiger partial charge in [-0.2, -0.15) is 13.2 Å². The molecule has 0 heterocycles. The molecular formula is C13H17F4NO. The summed E-state index contributed by atoms with van der Waals surface area (Å²) in [6.45, 7) is 4.55. The summed E-state index contributed by atoms with van der Waals surface area (Å²) in [6.07, 6.45) is -4.12. The Hall–Kier alpha value is -1.30. The number of benzene rings is 1. The fourth-order valence-electron chi connectivity index (χ4n) is 1.36. The molecule has 6 heteroatoms. The van der Waals surface area contributed by atoms with Gasteiger partial charge >= 0.3 is 6.18 Å². The largest absolute Gasteiger partial charge is 0.494 e. The maximum Gasteiger partial charge on any atom is 0.419 e. The molecule has 0 saturated heterocycles. The van der Waals surface area contributed by atoms with Crippen molar-refractivity contribution in [2.45, 2.75) is 26.4 Å². The van der Waals surface area contributed by atoms with Crippen molar-refractivity contribution in [3.05, 3.63) is 29.6 Å². The van der Waals surface area contributed by atoms with Gasteiger partial charge in [0.25, 0.3) is 0 Å². The van der Waals surface area contributed by atoms with Crippen LogP contribution in [-0.2, 0) is 6.18 Å². The quantitative estimate of drug-likeness (QED) is 0.836. The molecule has 0 aromatic heterocycles. The molecule has 0 spiro atoms. The van der Waals surface area contributed by atoms with E-state index in [4.69, 9.17) is 10.5 Å². The van der Waals surface area contributed by atoms with E-state index in [-0.39, 0.29) is 17.8 Å². The number of rotatable bonds is 5. The van der Waals surface area contributed by atoms with Crippen LogP contribution < -0.4 is 10.5 Å². The van der Waals surface area contributed by atoms with Gasteiger partial charge in [0.15, 0.2) is 0 Å². The van der Waals surface area contributed by atoms with Crippen LogP contribution in [0.4, 0.5) is 17.6 Å². The summed E-state index contributed by atoms with van der Waals surface area (Å²) in [5.41, 5.74) is 4.07. The van der Waals surface area contributed by atoms with Crippen LogP contribution in [-0.4, -0.2) is 13.2 Å². The summed E-state index contributed by atoms with van der Waals surface area (Å²) in [5, 5.41) is 0. The van der Waals surface area contributed by atoms with Crippen LogP contribution in [0, 0.1) is 11.2 Å². The van der Waals surface area contributed by atoms with Crippen molar-refractivity contribution in [1.82, 2.24) is 0 Å². The second-order valence-corrected chi connectivity index (χ2v) is 5.11. The first-order chi connectivity index (χ1) is 8.65. The van der Waals surface area contributed by atoms with Crippen LogP contribution in [0.15, 0.2) is 18.2 Å². The molecule has 0 aliphatic rings. The Bertz CT molecular complexity index is 429. The SMILES string of the molecule is CC(C)(CN)CCOc1ccc(F)c(C(F)(F)F)c1. The first-order valence-corrected chi connectivity index (χ1v) is 5.85. The molecule has 0 unspecified atom stereocenters. The van der Waals surface area contributed by atoms with E-state index in [9.17, 15) is 17.6 Å². The standard InChI is InChI=1S/C13H17F4NO/c1-12(2,8-18)5-6-19-9-3-4-11(14)10(7-9)13(15,16)17/h3-4,7H,5-6,8,18H2,1-2H3. The molecule has 0 amide bonds. The van der Waals surface area contributed by atoms with Crippen LogP contribution in [0.25, 0.3) is 0 Å². The van der Waals surface area contributed by atoms with Crippen molar-refractivity contribution >= 4 is 0 Å². The lowest BCUT2D eigenvalue weighted by Gasteiger charge is -2.22. The van der Waals surface area contributed by atoms with E-state index < -0.39 is 17.6 Å². The normalized spacial score (nSPS) is 12.6.